The summed E-state index contributed by atoms with van der Waals surface area (Å²) < 4.78 is 5.61. The van der Waals surface area contributed by atoms with Crippen LogP contribution in [0.4, 0.5) is 0 Å². The van der Waals surface area contributed by atoms with Crippen molar-refractivity contribution in [3.63, 3.8) is 0 Å². The van der Waals surface area contributed by atoms with Gasteiger partial charge in [0.05, 0.1) is 0 Å². The van der Waals surface area contributed by atoms with Crippen LogP contribution in [0.15, 0.2) is 16.5 Å². The lowest BCUT2D eigenvalue weighted by Crippen LogP contribution is -2.11. The summed E-state index contributed by atoms with van der Waals surface area (Å²) in [4.78, 5) is 11.4. The molecule has 0 aliphatic heterocycles. The lowest BCUT2D eigenvalue weighted by molar-refractivity contribution is 0.0663. The molecule has 3 heteroatoms. The van der Waals surface area contributed by atoms with E-state index in [0.29, 0.717) is 5.58 Å². The number of hydrogen-bond acceptors (Lipinski definition) is 2. The molecule has 0 radical (unpaired) electrons. The largest absolute Gasteiger partial charge is 0.475 e. The third-order valence-electron chi connectivity index (χ3n) is 3.64. The van der Waals surface area contributed by atoms with Crippen molar-refractivity contribution >= 4 is 16.9 Å². The SMILES string of the molecule is CCCc1c(C(=O)O)oc2c(C)cc(C(C)(C)C)cc12. The highest BCUT2D eigenvalue weighted by molar-refractivity contribution is 5.96. The van der Waals surface area contributed by atoms with Crippen molar-refractivity contribution in [2.24, 2.45) is 0 Å². The van der Waals surface area contributed by atoms with Crippen LogP contribution in [0, 0.1) is 6.92 Å². The summed E-state index contributed by atoms with van der Waals surface area (Å²) in [5.41, 5.74) is 3.77. The third kappa shape index (κ3) is 2.45. The molecule has 1 aromatic heterocycles. The maximum absolute atomic E-state index is 11.4. The van der Waals surface area contributed by atoms with E-state index in [-0.39, 0.29) is 11.2 Å². The highest BCUT2D eigenvalue weighted by Crippen LogP contribution is 2.34. The number of aryl methyl sites for hydroxylation is 2. The van der Waals surface area contributed by atoms with E-state index in [0.717, 1.165) is 29.4 Å². The Labute approximate surface area is 119 Å². The fourth-order valence-corrected chi connectivity index (χ4v) is 2.52. The average Bonchev–Trinajstić information content (AvgIpc) is 2.68. The molecule has 3 nitrogen and oxygen atoms in total. The van der Waals surface area contributed by atoms with Crippen molar-refractivity contribution in [1.29, 1.82) is 0 Å². The van der Waals surface area contributed by atoms with Gasteiger partial charge in [-0.3, -0.25) is 0 Å². The predicted octanol–water partition coefficient (Wildman–Crippen LogP) is 4.69. The Morgan fingerprint density at radius 2 is 1.95 bits per heavy atom. The van der Waals surface area contributed by atoms with Crippen LogP contribution >= 0.6 is 0 Å². The minimum atomic E-state index is -0.985. The van der Waals surface area contributed by atoms with Crippen LogP contribution in [-0.4, -0.2) is 11.1 Å². The van der Waals surface area contributed by atoms with Gasteiger partial charge in [-0.25, -0.2) is 4.79 Å². The first-order valence-corrected chi connectivity index (χ1v) is 7.05. The number of carboxylic acids is 1. The second-order valence-electron chi connectivity index (χ2n) is 6.38. The molecule has 0 saturated heterocycles. The monoisotopic (exact) mass is 274 g/mol. The standard InChI is InChI=1S/C17H22O3/c1-6-7-12-13-9-11(17(3,4)5)8-10(2)14(13)20-15(12)16(18)19/h8-9H,6-7H2,1-5H3,(H,18,19). The normalized spacial score (nSPS) is 12.1. The van der Waals surface area contributed by atoms with Crippen LogP contribution in [0.25, 0.3) is 11.0 Å². The van der Waals surface area contributed by atoms with E-state index in [4.69, 9.17) is 4.42 Å². The lowest BCUT2D eigenvalue weighted by Gasteiger charge is -2.19. The molecule has 0 amide bonds. The van der Waals surface area contributed by atoms with Crippen molar-refractivity contribution in [2.75, 3.05) is 0 Å². The first kappa shape index (κ1) is 14.6. The molecule has 1 heterocycles. The molecular weight excluding hydrogens is 252 g/mol. The van der Waals surface area contributed by atoms with Gasteiger partial charge in [0.1, 0.15) is 5.58 Å². The first-order chi connectivity index (χ1) is 9.25. The van der Waals surface area contributed by atoms with Gasteiger partial charge < -0.3 is 9.52 Å². The van der Waals surface area contributed by atoms with Crippen molar-refractivity contribution in [3.05, 3.63) is 34.6 Å². The fraction of sp³-hybridized carbons (Fsp3) is 0.471. The maximum atomic E-state index is 11.4. The molecule has 0 saturated carbocycles. The lowest BCUT2D eigenvalue weighted by atomic mass is 9.85. The van der Waals surface area contributed by atoms with Crippen LogP contribution in [0.5, 0.6) is 0 Å². The molecule has 20 heavy (non-hydrogen) atoms. The van der Waals surface area contributed by atoms with Gasteiger partial charge in [0, 0.05) is 10.9 Å². The topological polar surface area (TPSA) is 50.4 Å². The minimum absolute atomic E-state index is 0.0308. The highest BCUT2D eigenvalue weighted by Gasteiger charge is 2.23. The zero-order chi connectivity index (χ0) is 15.1. The van der Waals surface area contributed by atoms with Gasteiger partial charge in [0.15, 0.2) is 0 Å². The molecule has 2 rings (SSSR count). The van der Waals surface area contributed by atoms with Gasteiger partial charge in [-0.05, 0) is 36.0 Å². The fourth-order valence-electron chi connectivity index (χ4n) is 2.52. The molecule has 108 valence electrons. The highest BCUT2D eigenvalue weighted by atomic mass is 16.4. The Morgan fingerprint density at radius 1 is 1.30 bits per heavy atom. The average molecular weight is 274 g/mol. The van der Waals surface area contributed by atoms with Crippen LogP contribution in [0.1, 0.15) is 61.4 Å². The summed E-state index contributed by atoms with van der Waals surface area (Å²) in [6, 6.07) is 4.18. The number of fused-ring (bicyclic) bond motifs is 1. The van der Waals surface area contributed by atoms with Crippen molar-refractivity contribution in [2.45, 2.75) is 52.9 Å². The molecule has 1 aromatic carbocycles. The van der Waals surface area contributed by atoms with Crippen LogP contribution < -0.4 is 0 Å². The maximum Gasteiger partial charge on any atom is 0.372 e. The number of carboxylic acid groups (broad SMARTS) is 1. The zero-order valence-corrected chi connectivity index (χ0v) is 12.8. The van der Waals surface area contributed by atoms with Crippen molar-refractivity contribution in [3.8, 4) is 0 Å². The second kappa shape index (κ2) is 4.97. The molecule has 0 atom stereocenters. The Morgan fingerprint density at radius 3 is 2.45 bits per heavy atom. The van der Waals surface area contributed by atoms with Gasteiger partial charge in [0.2, 0.25) is 5.76 Å². The molecule has 2 aromatic rings. The number of aromatic carboxylic acids is 1. The molecule has 0 bridgehead atoms. The van der Waals surface area contributed by atoms with E-state index in [2.05, 4.69) is 32.9 Å². The van der Waals surface area contributed by atoms with Crippen LogP contribution in [0.2, 0.25) is 0 Å². The summed E-state index contributed by atoms with van der Waals surface area (Å²) >= 11 is 0. The van der Waals surface area contributed by atoms with Gasteiger partial charge >= 0.3 is 5.97 Å². The van der Waals surface area contributed by atoms with Crippen molar-refractivity contribution in [1.82, 2.24) is 0 Å². The molecule has 0 aliphatic carbocycles. The summed E-state index contributed by atoms with van der Waals surface area (Å²) in [5.74, 6) is -0.891. The van der Waals surface area contributed by atoms with E-state index < -0.39 is 5.97 Å². The minimum Gasteiger partial charge on any atom is -0.475 e. The molecule has 0 aliphatic rings. The van der Waals surface area contributed by atoms with Gasteiger partial charge in [-0.2, -0.15) is 0 Å². The van der Waals surface area contributed by atoms with E-state index in [9.17, 15) is 9.90 Å². The molecule has 1 N–H and O–H groups in total. The molecule has 0 spiro atoms. The van der Waals surface area contributed by atoms with E-state index in [1.54, 1.807) is 0 Å². The Hall–Kier alpha value is -1.77. The Bertz CT molecular complexity index is 657. The molecular formula is C17H22O3. The number of carbonyl (C=O) groups is 1. The van der Waals surface area contributed by atoms with E-state index in [1.165, 1.54) is 5.56 Å². The Balaban J connectivity index is 2.79. The van der Waals surface area contributed by atoms with Crippen LogP contribution in [0.3, 0.4) is 0 Å². The summed E-state index contributed by atoms with van der Waals surface area (Å²) in [6.07, 6.45) is 1.62. The number of rotatable bonds is 3. The van der Waals surface area contributed by atoms with Gasteiger partial charge in [-0.1, -0.05) is 40.2 Å². The first-order valence-electron chi connectivity index (χ1n) is 7.05. The predicted molar refractivity (Wildman–Crippen MR) is 80.6 cm³/mol. The number of hydrogen-bond donors (Lipinski definition) is 1. The van der Waals surface area contributed by atoms with E-state index in [1.807, 2.05) is 13.8 Å². The zero-order valence-electron chi connectivity index (χ0n) is 12.8. The summed E-state index contributed by atoms with van der Waals surface area (Å²) in [6.45, 7) is 10.5. The second-order valence-corrected chi connectivity index (χ2v) is 6.38. The van der Waals surface area contributed by atoms with Gasteiger partial charge in [-0.15, -0.1) is 0 Å². The quantitative estimate of drug-likeness (QED) is 0.883. The molecule has 0 unspecified atom stereocenters. The third-order valence-corrected chi connectivity index (χ3v) is 3.64. The smallest absolute Gasteiger partial charge is 0.372 e. The molecule has 0 fully saturated rings. The van der Waals surface area contributed by atoms with Gasteiger partial charge in [0.25, 0.3) is 0 Å². The van der Waals surface area contributed by atoms with Crippen molar-refractivity contribution < 1.29 is 14.3 Å². The number of benzene rings is 1. The summed E-state index contributed by atoms with van der Waals surface area (Å²) in [5, 5.41) is 10.3. The number of furan rings is 1. The van der Waals surface area contributed by atoms with E-state index >= 15 is 0 Å². The Kier molecular flexibility index (Phi) is 3.63. The summed E-state index contributed by atoms with van der Waals surface area (Å²) in [7, 11) is 0. The van der Waals surface area contributed by atoms with Crippen LogP contribution in [-0.2, 0) is 11.8 Å².